The Morgan fingerprint density at radius 2 is 0.853 bits per heavy atom. The first-order valence-corrected chi connectivity index (χ1v) is 51.3. The van der Waals surface area contributed by atoms with E-state index in [9.17, 15) is 34.2 Å². The Bertz CT molecular complexity index is 4840. The van der Waals surface area contributed by atoms with Crippen LogP contribution in [0.1, 0.15) is 204 Å². The van der Waals surface area contributed by atoms with Crippen molar-refractivity contribution < 1.29 is 124 Å². The third kappa shape index (κ3) is 28.3. The number of allylic oxidation sites excluding steroid dienone is 2. The number of rotatable bonds is 25. The topological polar surface area (TPSA) is 306 Å². The molecule has 9 fully saturated rings. The molecule has 6 heterocycles. The first-order chi connectivity index (χ1) is 62.8. The lowest BCUT2D eigenvalue weighted by Crippen LogP contribution is -2.57. The number of methoxy groups -OCH3 is 5. The number of carbonyl (C=O) groups is 5. The van der Waals surface area contributed by atoms with Gasteiger partial charge in [-0.2, -0.15) is 4.85 Å². The smallest absolute Gasteiger partial charge is 0.496 e. The van der Waals surface area contributed by atoms with Gasteiger partial charge in [0.05, 0.1) is 92.5 Å². The molecule has 3 saturated carbocycles. The minimum absolute atomic E-state index is 0. The lowest BCUT2D eigenvalue weighted by molar-refractivity contribution is -0.246. The molecule has 0 radical (unpaired) electrons. The first kappa shape index (κ1) is 119. The van der Waals surface area contributed by atoms with Crippen LogP contribution in [0.5, 0.6) is 28.7 Å². The van der Waals surface area contributed by atoms with Crippen LogP contribution < -0.4 is 23.7 Å². The number of esters is 1. The molecule has 5 aromatic carbocycles. The van der Waals surface area contributed by atoms with Crippen molar-refractivity contribution in [1.29, 1.82) is 0 Å². The van der Waals surface area contributed by atoms with Gasteiger partial charge in [-0.3, -0.25) is 24.0 Å². The normalized spacial score (nSPS) is 25.6. The van der Waals surface area contributed by atoms with Crippen LogP contribution in [0, 0.1) is 76.7 Å². The average molecular weight is 2120 g/mol. The van der Waals surface area contributed by atoms with E-state index >= 15 is 0 Å². The lowest BCUT2D eigenvalue weighted by Gasteiger charge is -2.47. The highest BCUT2D eigenvalue weighted by atomic mass is 128. The second-order valence-electron chi connectivity index (χ2n) is 35.8. The molecule has 2 spiro atoms. The molecule has 11 aliphatic rings. The third-order valence-corrected chi connectivity index (χ3v) is 27.8. The van der Waals surface area contributed by atoms with E-state index in [4.69, 9.17) is 91.8 Å². The predicted octanol–water partition coefficient (Wildman–Crippen LogP) is 20.9. The summed E-state index contributed by atoms with van der Waals surface area (Å²) < 4.78 is 106. The van der Waals surface area contributed by atoms with E-state index in [1.54, 1.807) is 41.6 Å². The number of carbonyl (C=O) groups excluding carboxylic acids is 5. The number of nitrogens with zero attached hydrogens (tertiary/aromatic N) is 1. The molecule has 5 aromatic rings. The number of ether oxygens (including phenoxy) is 19. The first-order valence-electron chi connectivity index (χ1n) is 45.1. The Hall–Kier alpha value is -7.92. The predicted molar refractivity (Wildman–Crippen MR) is 541 cm³/mol. The molecule has 5 unspecified atom stereocenters. The van der Waals surface area contributed by atoms with Crippen LogP contribution >= 0.6 is 37.2 Å². The minimum Gasteiger partial charge on any atom is -0.496 e. The number of hydrogen-bond donors (Lipinski definition) is 2. The second kappa shape index (κ2) is 54.2. The van der Waals surface area contributed by atoms with Gasteiger partial charge in [0.25, 0.3) is 0 Å². The largest absolute Gasteiger partial charge is 0.561 e. The van der Waals surface area contributed by atoms with Crippen molar-refractivity contribution in [2.45, 2.75) is 273 Å². The maximum absolute atomic E-state index is 12.4. The van der Waals surface area contributed by atoms with Crippen molar-refractivity contribution in [1.82, 2.24) is 0 Å². The number of aliphatic hydroxyl groups is 2. The highest BCUT2D eigenvalue weighted by Crippen LogP contribution is 2.53. The Kier molecular flexibility index (Phi) is 47.2. The monoisotopic (exact) mass is 2120 g/mol. The van der Waals surface area contributed by atoms with Gasteiger partial charge in [0.15, 0.2) is 36.7 Å². The number of Topliss-reactive ketones (excluding diaryl/α,β-unsaturated/α-hetero) is 1. The Morgan fingerprint density at radius 3 is 1.28 bits per heavy atom. The quantitative estimate of drug-likeness (QED) is 0.0180. The zero-order chi connectivity index (χ0) is 95.1. The minimum atomic E-state index is -1.13. The lowest BCUT2D eigenvalue weighted by atomic mass is 9.70. The van der Waals surface area contributed by atoms with Crippen LogP contribution in [0.4, 0.5) is 4.79 Å². The fourth-order valence-electron chi connectivity index (χ4n) is 19.9. The van der Waals surface area contributed by atoms with Gasteiger partial charge in [0, 0.05) is 101 Å². The summed E-state index contributed by atoms with van der Waals surface area (Å²) in [6.07, 6.45) is 15.3. The summed E-state index contributed by atoms with van der Waals surface area (Å²) in [6, 6.07) is 31.2. The number of aryl methyl sites for hydroxylation is 5. The van der Waals surface area contributed by atoms with Crippen LogP contribution in [0.2, 0.25) is 0 Å². The molecular formula is C107H153I2NO26. The van der Waals surface area contributed by atoms with E-state index in [2.05, 4.69) is 148 Å². The summed E-state index contributed by atoms with van der Waals surface area (Å²) in [5, 5.41) is 21.7. The van der Waals surface area contributed by atoms with Gasteiger partial charge in [-0.05, 0) is 208 Å². The molecule has 29 heteroatoms. The zero-order valence-corrected chi connectivity index (χ0v) is 82.9. The van der Waals surface area contributed by atoms with Gasteiger partial charge in [-0.1, -0.05) is 158 Å². The van der Waals surface area contributed by atoms with Crippen LogP contribution in [0.3, 0.4) is 0 Å². The van der Waals surface area contributed by atoms with Gasteiger partial charge in [-0.15, -0.1) is 0 Å². The summed E-state index contributed by atoms with van der Waals surface area (Å²) in [5.41, 5.74) is 8.49. The summed E-state index contributed by atoms with van der Waals surface area (Å²) in [5.74, 6) is 3.88. The maximum Gasteiger partial charge on any atom is 0.561 e. The summed E-state index contributed by atoms with van der Waals surface area (Å²) in [6.45, 7) is 37.3. The third-order valence-electron chi connectivity index (χ3n) is 27.8. The fraction of sp³-hybridized carbons (Fsp3) is 0.589. The number of aliphatic hydroxyl groups excluding tert-OH is 1. The molecule has 14 atom stereocenters. The molecule has 0 bridgehead atoms. The van der Waals surface area contributed by atoms with E-state index in [0.29, 0.717) is 121 Å². The van der Waals surface area contributed by atoms with Crippen molar-refractivity contribution in [3.8, 4) is 28.7 Å². The average Bonchev–Trinajstić information content (AvgIpc) is 1.57. The maximum atomic E-state index is 12.4. The Morgan fingerprint density at radius 1 is 0.471 bits per heavy atom. The van der Waals surface area contributed by atoms with Crippen molar-refractivity contribution in [2.75, 3.05) is 102 Å². The van der Waals surface area contributed by atoms with Gasteiger partial charge in [0.1, 0.15) is 101 Å². The van der Waals surface area contributed by atoms with Gasteiger partial charge < -0.3 is 100 Å². The molecular weight excluding hydrogens is 1970 g/mol. The van der Waals surface area contributed by atoms with E-state index in [-0.39, 0.29) is 129 Å². The van der Waals surface area contributed by atoms with Gasteiger partial charge in [-0.25, -0.2) is 0 Å². The Labute approximate surface area is 832 Å². The number of hydrogen-bond acceptors (Lipinski definition) is 26. The van der Waals surface area contributed by atoms with E-state index < -0.39 is 52.5 Å². The highest BCUT2D eigenvalue weighted by molar-refractivity contribution is 15.0. The molecule has 0 aromatic heterocycles. The fourth-order valence-corrected chi connectivity index (χ4v) is 19.9. The summed E-state index contributed by atoms with van der Waals surface area (Å²) in [4.78, 5) is 60.5. The molecule has 16 rings (SSSR count). The van der Waals surface area contributed by atoms with Gasteiger partial charge in [0.2, 0.25) is 0 Å². The number of halogens is 2. The van der Waals surface area contributed by atoms with Crippen LogP contribution in [0.15, 0.2) is 140 Å². The number of amides is 1. The van der Waals surface area contributed by atoms with Crippen LogP contribution in [-0.4, -0.2) is 200 Å². The van der Waals surface area contributed by atoms with Crippen molar-refractivity contribution >= 4 is 66.6 Å². The van der Waals surface area contributed by atoms with Crippen LogP contribution in [-0.2, 0) is 118 Å². The van der Waals surface area contributed by atoms with Crippen molar-refractivity contribution in [3.63, 3.8) is 0 Å². The van der Waals surface area contributed by atoms with E-state index in [1.807, 2.05) is 71.9 Å². The van der Waals surface area contributed by atoms with E-state index in [0.717, 1.165) is 113 Å². The number of ketones is 3. The van der Waals surface area contributed by atoms with Crippen molar-refractivity contribution in [3.05, 3.63) is 207 Å². The molecule has 1 amide bonds. The molecule has 2 N–H and O–H groups in total. The standard InChI is InChI=1S/C22H26O6.C20H28O5.C19H28O5.C18H24O4.C18H22O4.C5H5NO2.5CH4.I2/c1-5-8-26-21(24)17-12-22(20(11-18(17)23)27-13-28-22)15(3)9-16-7-6-14(2)19(10-16)25-4;1-14-4-5-16(11-17(14)21-3)10-15(2)20-7-6-19(23-8-9-24-19)12-18(20)22-13-25-20;1-13-4-5-15(11-16(13)22-3)10-14(2)19(21)7-6-18(12-17(19)20)23-8-9-24-18;2*1-12-4-5-14(9-16(12)20-3)8-13(2)18-7-6-15(19)10-17(18)21-11-22-18;1-3-4-8-5(7)6-2;;;;;;1-2/h5-7,10-11,15,17H,1,8-9,12-13H2,2-4H3;4-5,11,15,18H,6-10,12-13H2,1-3H3;4-5,11,14,17,20-21H,6-10,12H2,1-3H3;4-5,9,13,17H,6-8,10-11H2,1-3H3;4-5,9-10,13H,6-8,11H2,1-3H3;3H,1,4H2;5*1H4;/t15?,17-,22-;15?,18-,20-;14?,17-,19-;13?,17-,18-;13?,18-;;;;;;;/m11111......./s1. The number of fused-ring (bicyclic) bond motifs is 4. The highest BCUT2D eigenvalue weighted by Gasteiger charge is 2.60. The van der Waals surface area contributed by atoms with E-state index in [1.165, 1.54) is 34.9 Å². The summed E-state index contributed by atoms with van der Waals surface area (Å²) >= 11 is 4.24. The van der Waals surface area contributed by atoms with Crippen LogP contribution in [0.25, 0.3) is 4.85 Å². The molecule has 136 heavy (non-hydrogen) atoms. The summed E-state index contributed by atoms with van der Waals surface area (Å²) in [7, 11) is 8.42. The molecule has 5 aliphatic carbocycles. The molecule has 756 valence electrons. The SMILES string of the molecule is C.C.C.C.C.C=CCOC(=O)[C@@H]1C[C@]2(C(C)Cc3ccc(C)c(OC)c3)OCOC2=CC1=O.COc1cc(CC(C)[C@]2(O)CCC3(C[C@H]2O)OCCO3)ccc1C.COc1cc(CC(C)[C@]23CCC(=O)C=C2OCO3)ccc1C.COc1cc(CC(C)[C@]23CCC(=O)C[C@H]2OCO3)ccc1C.COc1cc(CC(C)[C@]23CCC4(C[C@H]2OCO3)OCCO4)ccc1C.II.[C-]#[N+]C(=O)OCC=C. The molecule has 6 aliphatic heterocycles. The Balaban J connectivity index is 0.000000291. The number of benzene rings is 5. The van der Waals surface area contributed by atoms with Gasteiger partial charge >= 0.3 is 12.1 Å². The molecule has 6 saturated heterocycles. The van der Waals surface area contributed by atoms with Crippen molar-refractivity contribution in [2.24, 2.45) is 35.5 Å². The zero-order valence-electron chi connectivity index (χ0n) is 78.6. The molecule has 27 nitrogen and oxygen atoms in total. The second-order valence-corrected chi connectivity index (χ2v) is 35.8.